The fourth-order valence-electron chi connectivity index (χ4n) is 2.97. The summed E-state index contributed by atoms with van der Waals surface area (Å²) >= 11 is 0. The van der Waals surface area contributed by atoms with Gasteiger partial charge in [0, 0.05) is 5.56 Å². The van der Waals surface area contributed by atoms with Crippen molar-refractivity contribution in [1.29, 1.82) is 0 Å². The van der Waals surface area contributed by atoms with Gasteiger partial charge in [-0.15, -0.1) is 0 Å². The van der Waals surface area contributed by atoms with Crippen LogP contribution in [0, 0.1) is 0 Å². The number of phenols is 1. The summed E-state index contributed by atoms with van der Waals surface area (Å²) in [5, 5.41) is 49.1. The summed E-state index contributed by atoms with van der Waals surface area (Å²) in [6.45, 7) is -1.07. The fraction of sp³-hybridized carbons (Fsp3) is 0.350. The maximum Gasteiger partial charge on any atom is 0.338 e. The normalized spacial score (nSPS) is 26.7. The average molecular weight is 406 g/mol. The zero-order chi connectivity index (χ0) is 21.0. The van der Waals surface area contributed by atoms with Crippen molar-refractivity contribution in [3.63, 3.8) is 0 Å². The maximum absolute atomic E-state index is 12.4. The number of carbonyl (C=O) groups excluding carboxylic acids is 1. The van der Waals surface area contributed by atoms with Crippen LogP contribution in [0.25, 0.3) is 0 Å². The molecule has 1 fully saturated rings. The molecule has 1 heterocycles. The third kappa shape index (κ3) is 4.66. The molecule has 9 nitrogen and oxygen atoms in total. The minimum atomic E-state index is -1.60. The lowest BCUT2D eigenvalue weighted by Gasteiger charge is -2.41. The standard InChI is InChI=1S/C20H22O9/c21-9-12-8-13(23)6-7-14(12)27-20-18(17(25)16(24)15(10-22)28-20)29-19(26)11-4-2-1-3-5-11/h1-8,15-18,20-25H,9-10H2/t15-,16-,17+,18+,20-/m1/s1. The van der Waals surface area contributed by atoms with Crippen molar-refractivity contribution in [3.05, 3.63) is 59.7 Å². The number of ether oxygens (including phenoxy) is 3. The molecule has 0 unspecified atom stereocenters. The highest BCUT2D eigenvalue weighted by Gasteiger charge is 2.48. The Morgan fingerprint density at radius 2 is 1.76 bits per heavy atom. The molecule has 29 heavy (non-hydrogen) atoms. The summed E-state index contributed by atoms with van der Waals surface area (Å²) in [6, 6.07) is 12.0. The fourth-order valence-corrected chi connectivity index (χ4v) is 2.97. The van der Waals surface area contributed by atoms with E-state index in [4.69, 9.17) is 14.2 Å². The van der Waals surface area contributed by atoms with E-state index >= 15 is 0 Å². The Hall–Kier alpha value is -2.69. The molecule has 9 heteroatoms. The van der Waals surface area contributed by atoms with E-state index in [0.29, 0.717) is 0 Å². The largest absolute Gasteiger partial charge is 0.508 e. The topological polar surface area (TPSA) is 146 Å². The molecule has 0 saturated carbocycles. The van der Waals surface area contributed by atoms with Gasteiger partial charge in [-0.1, -0.05) is 18.2 Å². The maximum atomic E-state index is 12.4. The first-order valence-electron chi connectivity index (χ1n) is 8.92. The molecule has 1 saturated heterocycles. The van der Waals surface area contributed by atoms with Gasteiger partial charge in [-0.25, -0.2) is 4.79 Å². The highest BCUT2D eigenvalue weighted by atomic mass is 16.7. The number of carbonyl (C=O) groups is 1. The Bertz CT molecular complexity index is 826. The van der Waals surface area contributed by atoms with Crippen LogP contribution >= 0.6 is 0 Å². The van der Waals surface area contributed by atoms with E-state index in [1.54, 1.807) is 18.2 Å². The molecule has 1 aliphatic heterocycles. The van der Waals surface area contributed by atoms with Crippen LogP contribution in [0.3, 0.4) is 0 Å². The van der Waals surface area contributed by atoms with Gasteiger partial charge in [0.1, 0.15) is 29.8 Å². The summed E-state index contributed by atoms with van der Waals surface area (Å²) in [4.78, 5) is 12.4. The SMILES string of the molecule is O=C(O[C@@H]1[C@H](Oc2ccc(O)cc2CO)O[C@H](CO)[C@@H](O)[C@@H]1O)c1ccccc1. The molecule has 2 aromatic rings. The third-order valence-electron chi connectivity index (χ3n) is 4.53. The number of rotatable bonds is 6. The van der Waals surface area contributed by atoms with Crippen molar-refractivity contribution in [2.75, 3.05) is 6.61 Å². The van der Waals surface area contributed by atoms with Crippen LogP contribution in [0.4, 0.5) is 0 Å². The van der Waals surface area contributed by atoms with Gasteiger partial charge in [0.05, 0.1) is 18.8 Å². The zero-order valence-electron chi connectivity index (χ0n) is 15.3. The first-order chi connectivity index (χ1) is 13.9. The van der Waals surface area contributed by atoms with E-state index in [1.807, 2.05) is 0 Å². The summed E-state index contributed by atoms with van der Waals surface area (Å²) in [5.74, 6) is -0.757. The molecule has 0 radical (unpaired) electrons. The van der Waals surface area contributed by atoms with E-state index < -0.39 is 49.9 Å². The van der Waals surface area contributed by atoms with Gasteiger partial charge in [-0.05, 0) is 30.3 Å². The van der Waals surface area contributed by atoms with Gasteiger partial charge in [0.15, 0.2) is 6.10 Å². The second kappa shape index (κ2) is 9.21. The predicted molar refractivity (Wildman–Crippen MR) is 98.1 cm³/mol. The first kappa shape index (κ1) is 21.0. The van der Waals surface area contributed by atoms with Gasteiger partial charge in [-0.3, -0.25) is 0 Å². The summed E-state index contributed by atoms with van der Waals surface area (Å²) in [6.07, 6.45) is -7.14. The third-order valence-corrected chi connectivity index (χ3v) is 4.53. The lowest BCUT2D eigenvalue weighted by Crippen LogP contribution is -2.61. The Kier molecular flexibility index (Phi) is 6.68. The van der Waals surface area contributed by atoms with Crippen LogP contribution in [0.2, 0.25) is 0 Å². The first-order valence-corrected chi connectivity index (χ1v) is 8.92. The molecule has 0 aromatic heterocycles. The molecule has 5 N–H and O–H groups in total. The molecular weight excluding hydrogens is 384 g/mol. The quantitative estimate of drug-likeness (QED) is 0.416. The molecule has 2 aromatic carbocycles. The minimum Gasteiger partial charge on any atom is -0.508 e. The lowest BCUT2D eigenvalue weighted by atomic mass is 9.99. The van der Waals surface area contributed by atoms with Crippen molar-refractivity contribution >= 4 is 5.97 Å². The summed E-state index contributed by atoms with van der Waals surface area (Å²) in [7, 11) is 0. The highest BCUT2D eigenvalue weighted by molar-refractivity contribution is 5.89. The van der Waals surface area contributed by atoms with Crippen molar-refractivity contribution in [1.82, 2.24) is 0 Å². The smallest absolute Gasteiger partial charge is 0.338 e. The van der Waals surface area contributed by atoms with Crippen LogP contribution in [0.5, 0.6) is 11.5 Å². The Morgan fingerprint density at radius 3 is 2.41 bits per heavy atom. The molecule has 0 aliphatic carbocycles. The predicted octanol–water partition coefficient (Wildman–Crippen LogP) is -0.0721. The van der Waals surface area contributed by atoms with Gasteiger partial charge >= 0.3 is 5.97 Å². The molecule has 156 valence electrons. The molecule has 0 amide bonds. The van der Waals surface area contributed by atoms with E-state index in [0.717, 1.165) is 0 Å². The Morgan fingerprint density at radius 1 is 1.03 bits per heavy atom. The number of hydrogen-bond donors (Lipinski definition) is 5. The van der Waals surface area contributed by atoms with Crippen LogP contribution in [-0.4, -0.2) is 68.8 Å². The Balaban J connectivity index is 1.87. The van der Waals surface area contributed by atoms with E-state index in [1.165, 1.54) is 30.3 Å². The van der Waals surface area contributed by atoms with Crippen LogP contribution in [0.1, 0.15) is 15.9 Å². The van der Waals surface area contributed by atoms with Gasteiger partial charge in [0.25, 0.3) is 0 Å². The second-order valence-corrected chi connectivity index (χ2v) is 6.51. The van der Waals surface area contributed by atoms with E-state index in [-0.39, 0.29) is 22.6 Å². The van der Waals surface area contributed by atoms with Crippen molar-refractivity contribution in [2.45, 2.75) is 37.3 Å². The molecule has 0 bridgehead atoms. The number of hydrogen-bond acceptors (Lipinski definition) is 9. The molecular formula is C20H22O9. The number of phenolic OH excluding ortho intramolecular Hbond substituents is 1. The number of benzene rings is 2. The molecule has 5 atom stereocenters. The van der Waals surface area contributed by atoms with Gasteiger partial charge in [-0.2, -0.15) is 0 Å². The number of aliphatic hydroxyl groups excluding tert-OH is 4. The highest BCUT2D eigenvalue weighted by Crippen LogP contribution is 2.30. The number of aromatic hydroxyl groups is 1. The van der Waals surface area contributed by atoms with Crippen LogP contribution in [-0.2, 0) is 16.1 Å². The molecule has 0 spiro atoms. The van der Waals surface area contributed by atoms with Crippen molar-refractivity contribution in [3.8, 4) is 11.5 Å². The summed E-state index contributed by atoms with van der Waals surface area (Å²) in [5.41, 5.74) is 0.445. The van der Waals surface area contributed by atoms with Crippen LogP contribution < -0.4 is 4.74 Å². The second-order valence-electron chi connectivity index (χ2n) is 6.51. The Labute approximate surface area is 166 Å². The zero-order valence-corrected chi connectivity index (χ0v) is 15.3. The lowest BCUT2D eigenvalue weighted by molar-refractivity contribution is -0.276. The van der Waals surface area contributed by atoms with Crippen LogP contribution in [0.15, 0.2) is 48.5 Å². The number of esters is 1. The monoisotopic (exact) mass is 406 g/mol. The van der Waals surface area contributed by atoms with E-state index in [9.17, 15) is 30.3 Å². The molecule has 3 rings (SSSR count). The average Bonchev–Trinajstić information content (AvgIpc) is 2.74. The summed E-state index contributed by atoms with van der Waals surface area (Å²) < 4.78 is 16.5. The van der Waals surface area contributed by atoms with E-state index in [2.05, 4.69) is 0 Å². The van der Waals surface area contributed by atoms with Gasteiger partial charge in [0.2, 0.25) is 6.29 Å². The molecule has 1 aliphatic rings. The van der Waals surface area contributed by atoms with Gasteiger partial charge < -0.3 is 39.7 Å². The van der Waals surface area contributed by atoms with Crippen molar-refractivity contribution < 1.29 is 44.5 Å². The van der Waals surface area contributed by atoms with Crippen molar-refractivity contribution in [2.24, 2.45) is 0 Å². The minimum absolute atomic E-state index is 0.0956. The number of aliphatic hydroxyl groups is 4.